The molecule has 19 heavy (non-hydrogen) atoms. The van der Waals surface area contributed by atoms with E-state index in [-0.39, 0.29) is 17.3 Å². The molecule has 0 aromatic carbocycles. The molecule has 1 N–H and O–H groups in total. The highest BCUT2D eigenvalue weighted by Crippen LogP contribution is 2.29. The molecule has 2 amide bonds. The Kier molecular flexibility index (Phi) is 5.93. The van der Waals surface area contributed by atoms with E-state index in [4.69, 9.17) is 9.84 Å². The van der Waals surface area contributed by atoms with Gasteiger partial charge in [0, 0.05) is 37.2 Å². The molecule has 1 aliphatic rings. The van der Waals surface area contributed by atoms with Crippen molar-refractivity contribution in [3.8, 4) is 0 Å². The molecule has 0 radical (unpaired) electrons. The smallest absolute Gasteiger partial charge is 0.323 e. The number of carbonyl (C=O) groups excluding carboxylic acids is 1. The Hall–Kier alpha value is -0.950. The lowest BCUT2D eigenvalue weighted by atomic mass is 10.2. The Balaban J connectivity index is 2.66. The van der Waals surface area contributed by atoms with Crippen LogP contribution in [0.2, 0.25) is 0 Å². The van der Waals surface area contributed by atoms with E-state index in [9.17, 15) is 9.59 Å². The fourth-order valence-electron chi connectivity index (χ4n) is 1.99. The van der Waals surface area contributed by atoms with Gasteiger partial charge in [0.25, 0.3) is 0 Å². The standard InChI is InChI=1S/C12H22N2O4S/c1-12(2)9-14(5-7-19-12)11(17)13(4-6-18-3)8-10(15)16/h4-9H2,1-3H3,(H,15,16). The molecule has 1 rings (SSSR count). The summed E-state index contributed by atoms with van der Waals surface area (Å²) < 4.78 is 4.94. The van der Waals surface area contributed by atoms with E-state index >= 15 is 0 Å². The van der Waals surface area contributed by atoms with Gasteiger partial charge in [-0.25, -0.2) is 4.79 Å². The average Bonchev–Trinajstić information content (AvgIpc) is 2.32. The average molecular weight is 290 g/mol. The molecular formula is C12H22N2O4S. The van der Waals surface area contributed by atoms with E-state index in [1.54, 1.807) is 4.90 Å². The van der Waals surface area contributed by atoms with E-state index in [1.165, 1.54) is 12.0 Å². The van der Waals surface area contributed by atoms with E-state index in [1.807, 2.05) is 11.8 Å². The summed E-state index contributed by atoms with van der Waals surface area (Å²) in [5.41, 5.74) is 0. The summed E-state index contributed by atoms with van der Waals surface area (Å²) in [7, 11) is 1.53. The number of rotatable bonds is 5. The number of ether oxygens (including phenoxy) is 1. The van der Waals surface area contributed by atoms with E-state index < -0.39 is 5.97 Å². The molecule has 1 fully saturated rings. The lowest BCUT2D eigenvalue weighted by Crippen LogP contribution is -2.53. The number of carboxylic acids is 1. The second kappa shape index (κ2) is 7.00. The van der Waals surface area contributed by atoms with E-state index in [0.717, 1.165) is 5.75 Å². The number of hydrogen-bond donors (Lipinski definition) is 1. The zero-order chi connectivity index (χ0) is 14.5. The number of carbonyl (C=O) groups is 2. The Labute approximate surface area is 118 Å². The Morgan fingerprint density at radius 1 is 1.47 bits per heavy atom. The van der Waals surface area contributed by atoms with Crippen molar-refractivity contribution in [1.82, 2.24) is 9.80 Å². The molecule has 0 unspecified atom stereocenters. The van der Waals surface area contributed by atoms with Crippen LogP contribution in [-0.4, -0.2) is 77.3 Å². The predicted octanol–water partition coefficient (Wildman–Crippen LogP) is 0.967. The number of thioether (sulfide) groups is 1. The fraction of sp³-hybridized carbons (Fsp3) is 0.833. The molecule has 110 valence electrons. The van der Waals surface area contributed by atoms with Crippen molar-refractivity contribution >= 4 is 23.8 Å². The predicted molar refractivity (Wildman–Crippen MR) is 74.6 cm³/mol. The summed E-state index contributed by atoms with van der Waals surface area (Å²) in [5.74, 6) is -0.126. The maximum Gasteiger partial charge on any atom is 0.323 e. The number of methoxy groups -OCH3 is 1. The molecule has 0 aromatic rings. The number of aliphatic carboxylic acids is 1. The normalized spacial score (nSPS) is 18.2. The van der Waals surface area contributed by atoms with Crippen molar-refractivity contribution in [2.75, 3.05) is 45.6 Å². The van der Waals surface area contributed by atoms with Gasteiger partial charge in [0.1, 0.15) is 6.54 Å². The SMILES string of the molecule is COCCN(CC(=O)O)C(=O)N1CCSC(C)(C)C1. The molecule has 0 saturated carbocycles. The first-order chi connectivity index (χ1) is 8.85. The van der Waals surface area contributed by atoms with Crippen LogP contribution in [0.15, 0.2) is 0 Å². The molecular weight excluding hydrogens is 268 g/mol. The molecule has 6 nitrogen and oxygen atoms in total. The third-order valence-corrected chi connectivity index (χ3v) is 4.16. The van der Waals surface area contributed by atoms with Gasteiger partial charge < -0.3 is 19.6 Å². The van der Waals surface area contributed by atoms with Gasteiger partial charge in [0.05, 0.1) is 6.61 Å². The van der Waals surface area contributed by atoms with Crippen LogP contribution in [0.4, 0.5) is 4.79 Å². The Morgan fingerprint density at radius 2 is 2.16 bits per heavy atom. The number of nitrogens with zero attached hydrogens (tertiary/aromatic N) is 2. The van der Waals surface area contributed by atoms with Gasteiger partial charge in [-0.05, 0) is 13.8 Å². The number of urea groups is 1. The molecule has 1 aliphatic heterocycles. The van der Waals surface area contributed by atoms with Gasteiger partial charge in [0.15, 0.2) is 0 Å². The summed E-state index contributed by atoms with van der Waals surface area (Å²) in [6, 6.07) is -0.215. The van der Waals surface area contributed by atoms with Crippen LogP contribution in [0.25, 0.3) is 0 Å². The van der Waals surface area contributed by atoms with Gasteiger partial charge in [0.2, 0.25) is 0 Å². The number of carboxylic acid groups (broad SMARTS) is 1. The highest BCUT2D eigenvalue weighted by molar-refractivity contribution is 8.00. The van der Waals surface area contributed by atoms with Gasteiger partial charge in [-0.1, -0.05) is 0 Å². The van der Waals surface area contributed by atoms with Crippen molar-refractivity contribution in [3.63, 3.8) is 0 Å². The minimum absolute atomic E-state index is 0.0179. The second-order valence-electron chi connectivity index (χ2n) is 5.12. The van der Waals surface area contributed by atoms with Crippen LogP contribution >= 0.6 is 11.8 Å². The highest BCUT2D eigenvalue weighted by Gasteiger charge is 2.32. The number of amides is 2. The van der Waals surface area contributed by atoms with Crippen LogP contribution in [0.5, 0.6) is 0 Å². The van der Waals surface area contributed by atoms with Crippen LogP contribution in [0.1, 0.15) is 13.8 Å². The fourth-order valence-corrected chi connectivity index (χ4v) is 3.10. The first-order valence-electron chi connectivity index (χ1n) is 6.24. The minimum Gasteiger partial charge on any atom is -0.480 e. The minimum atomic E-state index is -1.00. The van der Waals surface area contributed by atoms with Crippen LogP contribution < -0.4 is 0 Å². The lowest BCUT2D eigenvalue weighted by Gasteiger charge is -2.39. The Morgan fingerprint density at radius 3 is 2.68 bits per heavy atom. The van der Waals surface area contributed by atoms with Crippen LogP contribution in [0.3, 0.4) is 0 Å². The second-order valence-corrected chi connectivity index (χ2v) is 6.92. The van der Waals surface area contributed by atoms with E-state index in [0.29, 0.717) is 26.2 Å². The summed E-state index contributed by atoms with van der Waals surface area (Å²) in [5, 5.41) is 8.88. The monoisotopic (exact) mass is 290 g/mol. The summed E-state index contributed by atoms with van der Waals surface area (Å²) in [6.07, 6.45) is 0. The molecule has 0 bridgehead atoms. The van der Waals surface area contributed by atoms with Crippen molar-refractivity contribution < 1.29 is 19.4 Å². The summed E-state index contributed by atoms with van der Waals surface area (Å²) >= 11 is 1.83. The van der Waals surface area contributed by atoms with Crippen molar-refractivity contribution in [2.24, 2.45) is 0 Å². The first-order valence-corrected chi connectivity index (χ1v) is 7.23. The maximum absolute atomic E-state index is 12.4. The molecule has 1 saturated heterocycles. The van der Waals surface area contributed by atoms with Crippen LogP contribution in [-0.2, 0) is 9.53 Å². The van der Waals surface area contributed by atoms with Gasteiger partial charge >= 0.3 is 12.0 Å². The van der Waals surface area contributed by atoms with Crippen LogP contribution in [0, 0.1) is 0 Å². The maximum atomic E-state index is 12.4. The van der Waals surface area contributed by atoms with Gasteiger partial charge in [-0.2, -0.15) is 11.8 Å². The summed E-state index contributed by atoms with van der Waals surface area (Å²) in [6.45, 7) is 5.83. The quantitative estimate of drug-likeness (QED) is 0.817. The van der Waals surface area contributed by atoms with Gasteiger partial charge in [-0.15, -0.1) is 0 Å². The molecule has 0 aromatic heterocycles. The van der Waals surface area contributed by atoms with E-state index in [2.05, 4.69) is 13.8 Å². The first kappa shape index (κ1) is 16.1. The molecule has 0 aliphatic carbocycles. The molecule has 0 spiro atoms. The topological polar surface area (TPSA) is 70.1 Å². The van der Waals surface area contributed by atoms with Gasteiger partial charge in [-0.3, -0.25) is 4.79 Å². The van der Waals surface area contributed by atoms with Crippen molar-refractivity contribution in [1.29, 1.82) is 0 Å². The van der Waals surface area contributed by atoms with Crippen molar-refractivity contribution in [2.45, 2.75) is 18.6 Å². The zero-order valence-electron chi connectivity index (χ0n) is 11.7. The third kappa shape index (κ3) is 5.28. The molecule has 1 heterocycles. The Bertz CT molecular complexity index is 336. The third-order valence-electron chi connectivity index (χ3n) is 2.86. The number of hydrogen-bond acceptors (Lipinski definition) is 4. The van der Waals surface area contributed by atoms with Crippen molar-refractivity contribution in [3.05, 3.63) is 0 Å². The summed E-state index contributed by atoms with van der Waals surface area (Å²) in [4.78, 5) is 26.2. The molecule has 0 atom stereocenters. The highest BCUT2D eigenvalue weighted by atomic mass is 32.2. The lowest BCUT2D eigenvalue weighted by molar-refractivity contribution is -0.137. The molecule has 7 heteroatoms. The largest absolute Gasteiger partial charge is 0.480 e. The zero-order valence-corrected chi connectivity index (χ0v) is 12.5.